The van der Waals surface area contributed by atoms with Crippen LogP contribution in [0, 0.1) is 12.7 Å². The lowest BCUT2D eigenvalue weighted by Crippen LogP contribution is -2.53. The average molecular weight is 473 g/mol. The molecule has 0 saturated carbocycles. The number of methoxy groups -OCH3 is 1. The molecule has 3 aromatic carbocycles. The minimum Gasteiger partial charge on any atom is -0.494 e. The van der Waals surface area contributed by atoms with Gasteiger partial charge in [-0.2, -0.15) is 0 Å². The molecule has 0 radical (unpaired) electrons. The first-order valence-corrected chi connectivity index (χ1v) is 12.1. The fraction of sp³-hybridized carbons (Fsp3) is 0.310. The van der Waals surface area contributed by atoms with Gasteiger partial charge in [0.2, 0.25) is 5.91 Å². The summed E-state index contributed by atoms with van der Waals surface area (Å²) < 4.78 is 19.5. The Kier molecular flexibility index (Phi) is 6.29. The third kappa shape index (κ3) is 4.53. The standard InChI is InChI=1S/C29H29FN2O3/c1-18-10-12-19(13-11-18)29(34)32-17-22-7-4-3-6-20(22)15-26(32)28(33)31-25-9-5-8-21-14-24(30)27(35-2)16-23(21)25/h3-4,6-7,10-14,16,25-26H,5,8-9,15,17H2,1-2H3,(H,31,33). The maximum Gasteiger partial charge on any atom is 0.254 e. The third-order valence-electron chi connectivity index (χ3n) is 7.16. The van der Waals surface area contributed by atoms with Gasteiger partial charge in [-0.25, -0.2) is 4.39 Å². The molecule has 5 rings (SSSR count). The fourth-order valence-corrected chi connectivity index (χ4v) is 5.21. The van der Waals surface area contributed by atoms with E-state index < -0.39 is 11.9 Å². The van der Waals surface area contributed by atoms with Crippen LogP contribution in [0.2, 0.25) is 0 Å². The van der Waals surface area contributed by atoms with Crippen LogP contribution >= 0.6 is 0 Å². The van der Waals surface area contributed by atoms with Crippen molar-refractivity contribution in [2.24, 2.45) is 0 Å². The van der Waals surface area contributed by atoms with Crippen LogP contribution in [-0.4, -0.2) is 29.9 Å². The molecule has 5 nitrogen and oxygen atoms in total. The second-order valence-electron chi connectivity index (χ2n) is 9.43. The fourth-order valence-electron chi connectivity index (χ4n) is 5.21. The summed E-state index contributed by atoms with van der Waals surface area (Å²) in [5.41, 5.74) is 5.55. The highest BCUT2D eigenvalue weighted by Gasteiger charge is 2.36. The molecule has 1 aliphatic heterocycles. The van der Waals surface area contributed by atoms with Gasteiger partial charge >= 0.3 is 0 Å². The highest BCUT2D eigenvalue weighted by atomic mass is 19.1. The van der Waals surface area contributed by atoms with Crippen molar-refractivity contribution >= 4 is 11.8 Å². The molecule has 2 aliphatic rings. The van der Waals surface area contributed by atoms with Gasteiger partial charge in [-0.3, -0.25) is 9.59 Å². The Bertz CT molecular complexity index is 1270. The first kappa shape index (κ1) is 23.1. The summed E-state index contributed by atoms with van der Waals surface area (Å²) in [5.74, 6) is -0.571. The van der Waals surface area contributed by atoms with Gasteiger partial charge in [0.15, 0.2) is 11.6 Å². The quantitative estimate of drug-likeness (QED) is 0.587. The molecule has 3 aromatic rings. The van der Waals surface area contributed by atoms with Gasteiger partial charge in [0.05, 0.1) is 13.2 Å². The van der Waals surface area contributed by atoms with Crippen LogP contribution in [0.3, 0.4) is 0 Å². The number of hydrogen-bond donors (Lipinski definition) is 1. The molecule has 0 spiro atoms. The zero-order valence-electron chi connectivity index (χ0n) is 20.0. The van der Waals surface area contributed by atoms with Gasteiger partial charge in [-0.1, -0.05) is 42.0 Å². The van der Waals surface area contributed by atoms with Crippen LogP contribution in [0.15, 0.2) is 60.7 Å². The number of halogens is 1. The molecule has 35 heavy (non-hydrogen) atoms. The molecule has 1 N–H and O–H groups in total. The second-order valence-corrected chi connectivity index (χ2v) is 9.43. The van der Waals surface area contributed by atoms with Crippen molar-refractivity contribution in [1.82, 2.24) is 10.2 Å². The SMILES string of the molecule is COc1cc2c(cc1F)CCCC2NC(=O)C1Cc2ccccc2CN1C(=O)c1ccc(C)cc1. The van der Waals surface area contributed by atoms with Crippen molar-refractivity contribution in [2.75, 3.05) is 7.11 Å². The average Bonchev–Trinajstić information content (AvgIpc) is 2.87. The Morgan fingerprint density at radius 1 is 1.03 bits per heavy atom. The minimum atomic E-state index is -0.633. The summed E-state index contributed by atoms with van der Waals surface area (Å²) in [6, 6.07) is 17.7. The summed E-state index contributed by atoms with van der Waals surface area (Å²) in [7, 11) is 1.44. The highest BCUT2D eigenvalue weighted by molar-refractivity contribution is 5.98. The molecule has 1 heterocycles. The Balaban J connectivity index is 1.44. The summed E-state index contributed by atoms with van der Waals surface area (Å²) in [4.78, 5) is 28.9. The van der Waals surface area contributed by atoms with E-state index in [-0.39, 0.29) is 23.6 Å². The van der Waals surface area contributed by atoms with Crippen LogP contribution in [0.5, 0.6) is 5.75 Å². The van der Waals surface area contributed by atoms with Crippen molar-refractivity contribution in [3.63, 3.8) is 0 Å². The summed E-state index contributed by atoms with van der Waals surface area (Å²) in [6.45, 7) is 2.35. The van der Waals surface area contributed by atoms with Crippen LogP contribution in [0.4, 0.5) is 4.39 Å². The lowest BCUT2D eigenvalue weighted by molar-refractivity contribution is -0.127. The number of hydrogen-bond acceptors (Lipinski definition) is 3. The number of carbonyl (C=O) groups is 2. The lowest BCUT2D eigenvalue weighted by atomic mass is 9.86. The van der Waals surface area contributed by atoms with Crippen molar-refractivity contribution in [3.8, 4) is 5.75 Å². The maximum absolute atomic E-state index is 14.3. The second kappa shape index (κ2) is 9.53. The number of nitrogens with one attached hydrogen (secondary N) is 1. The highest BCUT2D eigenvalue weighted by Crippen LogP contribution is 2.35. The Hall–Kier alpha value is -3.67. The molecular weight excluding hydrogens is 443 g/mol. The molecule has 180 valence electrons. The van der Waals surface area contributed by atoms with Crippen LogP contribution in [0.25, 0.3) is 0 Å². The Morgan fingerprint density at radius 3 is 2.51 bits per heavy atom. The van der Waals surface area contributed by atoms with E-state index in [1.165, 1.54) is 13.2 Å². The van der Waals surface area contributed by atoms with Crippen LogP contribution < -0.4 is 10.1 Å². The number of amides is 2. The molecule has 0 saturated heterocycles. The number of rotatable bonds is 4. The molecule has 2 unspecified atom stereocenters. The Morgan fingerprint density at radius 2 is 1.77 bits per heavy atom. The number of carbonyl (C=O) groups excluding carboxylic acids is 2. The van der Waals surface area contributed by atoms with E-state index in [4.69, 9.17) is 4.74 Å². The van der Waals surface area contributed by atoms with E-state index in [1.54, 1.807) is 11.0 Å². The van der Waals surface area contributed by atoms with Crippen molar-refractivity contribution in [1.29, 1.82) is 0 Å². The number of benzene rings is 3. The summed E-state index contributed by atoms with van der Waals surface area (Å²) in [5, 5.41) is 3.18. The van der Waals surface area contributed by atoms with E-state index >= 15 is 0 Å². The number of aryl methyl sites for hydroxylation is 2. The van der Waals surface area contributed by atoms with E-state index in [9.17, 15) is 14.0 Å². The zero-order valence-corrected chi connectivity index (χ0v) is 20.0. The topological polar surface area (TPSA) is 58.6 Å². The molecule has 0 aromatic heterocycles. The maximum atomic E-state index is 14.3. The first-order chi connectivity index (χ1) is 16.9. The molecule has 0 bridgehead atoms. The summed E-state index contributed by atoms with van der Waals surface area (Å²) in [6.07, 6.45) is 2.81. The van der Waals surface area contributed by atoms with Crippen LogP contribution in [-0.2, 0) is 24.2 Å². The minimum absolute atomic E-state index is 0.160. The van der Waals surface area contributed by atoms with Crippen molar-refractivity contribution in [2.45, 2.75) is 51.2 Å². The van der Waals surface area contributed by atoms with Crippen molar-refractivity contribution in [3.05, 3.63) is 99.9 Å². The van der Waals surface area contributed by atoms with Gasteiger partial charge in [0.25, 0.3) is 5.91 Å². The molecular formula is C29H29FN2O3. The molecule has 2 amide bonds. The van der Waals surface area contributed by atoms with Crippen LogP contribution in [0.1, 0.15) is 57.1 Å². The Labute approximate surface area is 204 Å². The van der Waals surface area contributed by atoms with E-state index in [2.05, 4.69) is 5.32 Å². The van der Waals surface area contributed by atoms with E-state index in [0.29, 0.717) is 18.5 Å². The number of ether oxygens (including phenoxy) is 1. The zero-order chi connectivity index (χ0) is 24.5. The molecule has 1 aliphatic carbocycles. The van der Waals surface area contributed by atoms with Gasteiger partial charge in [0, 0.05) is 18.5 Å². The predicted octanol–water partition coefficient (Wildman–Crippen LogP) is 4.90. The number of fused-ring (bicyclic) bond motifs is 2. The predicted molar refractivity (Wildman–Crippen MR) is 132 cm³/mol. The number of nitrogens with zero attached hydrogens (tertiary/aromatic N) is 1. The molecule has 6 heteroatoms. The van der Waals surface area contributed by atoms with Gasteiger partial charge in [-0.05, 0) is 72.7 Å². The van der Waals surface area contributed by atoms with Gasteiger partial charge in [-0.15, -0.1) is 0 Å². The van der Waals surface area contributed by atoms with E-state index in [1.807, 2.05) is 55.5 Å². The van der Waals surface area contributed by atoms with E-state index in [0.717, 1.165) is 47.1 Å². The normalized spacial score (nSPS) is 18.9. The smallest absolute Gasteiger partial charge is 0.254 e. The molecule has 2 atom stereocenters. The monoisotopic (exact) mass is 472 g/mol. The van der Waals surface area contributed by atoms with Gasteiger partial charge < -0.3 is 15.0 Å². The van der Waals surface area contributed by atoms with Gasteiger partial charge in [0.1, 0.15) is 6.04 Å². The summed E-state index contributed by atoms with van der Waals surface area (Å²) >= 11 is 0. The van der Waals surface area contributed by atoms with Crippen molar-refractivity contribution < 1.29 is 18.7 Å². The third-order valence-corrected chi connectivity index (χ3v) is 7.16. The lowest BCUT2D eigenvalue weighted by Gasteiger charge is -2.37. The largest absolute Gasteiger partial charge is 0.494 e. The molecule has 0 fully saturated rings. The first-order valence-electron chi connectivity index (χ1n) is 12.1.